The van der Waals surface area contributed by atoms with Crippen LogP contribution in [0.5, 0.6) is 5.75 Å². The van der Waals surface area contributed by atoms with Gasteiger partial charge in [-0.05, 0) is 12.1 Å². The summed E-state index contributed by atoms with van der Waals surface area (Å²) in [4.78, 5) is 0. The van der Waals surface area contributed by atoms with Gasteiger partial charge in [0.25, 0.3) is 0 Å². The summed E-state index contributed by atoms with van der Waals surface area (Å²) in [7, 11) is 4.57. The van der Waals surface area contributed by atoms with E-state index in [1.165, 1.54) is 0 Å². The number of hydrogen-bond acceptors (Lipinski definition) is 1. The summed E-state index contributed by atoms with van der Waals surface area (Å²) in [5, 5.41) is 8.63. The monoisotopic (exact) mass is 231 g/mol. The SMILES string of the molecule is Oc1ccccc1.[Cl][Ru]. The number of benzene rings is 1. The number of aromatic hydroxyl groups is 1. The molecule has 0 aliphatic heterocycles. The Balaban J connectivity index is 0.000000291. The van der Waals surface area contributed by atoms with Crippen molar-refractivity contribution in [1.82, 2.24) is 0 Å². The van der Waals surface area contributed by atoms with Gasteiger partial charge in [0.05, 0.1) is 0 Å². The molecule has 0 aliphatic carbocycles. The molecule has 1 N–H and O–H groups in total. The molecule has 9 heavy (non-hydrogen) atoms. The van der Waals surface area contributed by atoms with Crippen molar-refractivity contribution in [1.29, 1.82) is 0 Å². The number of hydrogen-bond donors (Lipinski definition) is 1. The van der Waals surface area contributed by atoms with Crippen LogP contribution in [0.4, 0.5) is 0 Å². The second kappa shape index (κ2) is 6.06. The van der Waals surface area contributed by atoms with Crippen LogP contribution in [0.25, 0.3) is 0 Å². The molecule has 0 bridgehead atoms. The molecule has 1 aromatic carbocycles. The Hall–Kier alpha value is -0.0666. The van der Waals surface area contributed by atoms with Gasteiger partial charge in [-0.15, -0.1) is 0 Å². The van der Waals surface area contributed by atoms with Crippen LogP contribution < -0.4 is 0 Å². The third-order valence-electron chi connectivity index (χ3n) is 0.756. The third kappa shape index (κ3) is 4.44. The summed E-state index contributed by atoms with van der Waals surface area (Å²) in [6.07, 6.45) is 0. The van der Waals surface area contributed by atoms with Gasteiger partial charge in [0.15, 0.2) is 0 Å². The number of para-hydroxylation sites is 1. The maximum absolute atomic E-state index is 8.63. The Kier molecular flexibility index (Phi) is 6.01. The van der Waals surface area contributed by atoms with Crippen molar-refractivity contribution in [3.63, 3.8) is 0 Å². The quantitative estimate of drug-likeness (QED) is 0.677. The van der Waals surface area contributed by atoms with E-state index in [2.05, 4.69) is 9.69 Å². The molecule has 0 aliphatic rings. The van der Waals surface area contributed by atoms with E-state index in [0.29, 0.717) is 5.75 Å². The summed E-state index contributed by atoms with van der Waals surface area (Å²) in [5.74, 6) is 0.322. The van der Waals surface area contributed by atoms with Crippen LogP contribution in [-0.2, 0) is 17.3 Å². The van der Waals surface area contributed by atoms with Crippen LogP contribution in [0.1, 0.15) is 0 Å². The zero-order valence-electron chi connectivity index (χ0n) is 4.57. The van der Waals surface area contributed by atoms with Crippen molar-refractivity contribution in [3.05, 3.63) is 30.3 Å². The summed E-state index contributed by atoms with van der Waals surface area (Å²) >= 11 is 1.82. The predicted molar refractivity (Wildman–Crippen MR) is 34.0 cm³/mol. The van der Waals surface area contributed by atoms with Crippen LogP contribution in [-0.4, -0.2) is 5.11 Å². The summed E-state index contributed by atoms with van der Waals surface area (Å²) < 4.78 is 0. The maximum atomic E-state index is 8.63. The number of phenols is 1. The van der Waals surface area contributed by atoms with Crippen molar-refractivity contribution in [2.24, 2.45) is 0 Å². The first-order valence-corrected chi connectivity index (χ1v) is 4.51. The van der Waals surface area contributed by atoms with Crippen LogP contribution in [0.3, 0.4) is 0 Å². The topological polar surface area (TPSA) is 20.2 Å². The molecule has 0 saturated heterocycles. The second-order valence-electron chi connectivity index (χ2n) is 1.34. The average Bonchev–Trinajstić information content (AvgIpc) is 1.94. The molecule has 0 amide bonds. The van der Waals surface area contributed by atoms with Crippen molar-refractivity contribution in [2.75, 3.05) is 0 Å². The van der Waals surface area contributed by atoms with E-state index in [9.17, 15) is 0 Å². The molecule has 0 fully saturated rings. The fraction of sp³-hybridized carbons (Fsp3) is 0. The molecule has 0 heterocycles. The van der Waals surface area contributed by atoms with E-state index in [-0.39, 0.29) is 0 Å². The number of rotatable bonds is 0. The van der Waals surface area contributed by atoms with E-state index in [4.69, 9.17) is 5.11 Å². The molecule has 0 atom stereocenters. The van der Waals surface area contributed by atoms with E-state index in [0.717, 1.165) is 0 Å². The van der Waals surface area contributed by atoms with Gasteiger partial charge in [0.1, 0.15) is 5.75 Å². The van der Waals surface area contributed by atoms with Gasteiger partial charge in [-0.1, -0.05) is 18.2 Å². The Bertz CT molecular complexity index is 143. The van der Waals surface area contributed by atoms with Gasteiger partial charge in [-0.25, -0.2) is 0 Å². The molecular formula is C6H6ClORu. The van der Waals surface area contributed by atoms with Crippen molar-refractivity contribution in [2.45, 2.75) is 0 Å². The zero-order chi connectivity index (χ0) is 7.11. The summed E-state index contributed by atoms with van der Waals surface area (Å²) in [6.45, 7) is 0. The van der Waals surface area contributed by atoms with Gasteiger partial charge in [0, 0.05) is 0 Å². The molecule has 1 rings (SSSR count). The van der Waals surface area contributed by atoms with Gasteiger partial charge in [-0.2, -0.15) is 0 Å². The van der Waals surface area contributed by atoms with Gasteiger partial charge in [-0.3, -0.25) is 0 Å². The van der Waals surface area contributed by atoms with Crippen LogP contribution >= 0.6 is 9.69 Å². The fourth-order valence-electron chi connectivity index (χ4n) is 0.428. The minimum atomic E-state index is 0.322. The first-order valence-electron chi connectivity index (χ1n) is 2.27. The van der Waals surface area contributed by atoms with E-state index >= 15 is 0 Å². The molecule has 0 unspecified atom stereocenters. The third-order valence-corrected chi connectivity index (χ3v) is 0.756. The van der Waals surface area contributed by atoms with Crippen LogP contribution in [0.2, 0.25) is 0 Å². The number of phenolic OH excluding ortho intramolecular Hbond substituents is 1. The van der Waals surface area contributed by atoms with E-state index in [1.54, 1.807) is 24.3 Å². The Morgan fingerprint density at radius 2 is 1.56 bits per heavy atom. The number of halogens is 1. The Labute approximate surface area is 68.4 Å². The van der Waals surface area contributed by atoms with Crippen molar-refractivity contribution in [3.8, 4) is 5.75 Å². The van der Waals surface area contributed by atoms with Crippen molar-refractivity contribution < 1.29 is 22.4 Å². The van der Waals surface area contributed by atoms with Crippen molar-refractivity contribution >= 4 is 9.69 Å². The summed E-state index contributed by atoms with van der Waals surface area (Å²) in [5.41, 5.74) is 0. The van der Waals surface area contributed by atoms with E-state index < -0.39 is 0 Å². The Morgan fingerprint density at radius 1 is 1.11 bits per heavy atom. The summed E-state index contributed by atoms with van der Waals surface area (Å²) in [6, 6.07) is 8.71. The first-order chi connectivity index (χ1) is 4.39. The predicted octanol–water partition coefficient (Wildman–Crippen LogP) is 2.08. The average molecular weight is 231 g/mol. The molecule has 0 saturated carbocycles. The Morgan fingerprint density at radius 3 is 1.78 bits per heavy atom. The van der Waals surface area contributed by atoms with Gasteiger partial charge in [0.2, 0.25) is 0 Å². The molecule has 1 aromatic rings. The van der Waals surface area contributed by atoms with Gasteiger partial charge < -0.3 is 5.11 Å². The molecule has 0 radical (unpaired) electrons. The minimum absolute atomic E-state index is 0.322. The second-order valence-corrected chi connectivity index (χ2v) is 1.34. The molecule has 0 aromatic heterocycles. The van der Waals surface area contributed by atoms with Gasteiger partial charge >= 0.3 is 27.0 Å². The zero-order valence-corrected chi connectivity index (χ0v) is 7.06. The molecule has 51 valence electrons. The molecule has 0 spiro atoms. The molecule has 1 nitrogen and oxygen atoms in total. The van der Waals surface area contributed by atoms with Crippen LogP contribution in [0, 0.1) is 0 Å². The molecular weight excluding hydrogens is 225 g/mol. The fourth-order valence-corrected chi connectivity index (χ4v) is 0.428. The van der Waals surface area contributed by atoms with E-state index in [1.807, 2.05) is 23.4 Å². The molecule has 3 heteroatoms. The van der Waals surface area contributed by atoms with Crippen LogP contribution in [0.15, 0.2) is 30.3 Å². The first kappa shape index (κ1) is 8.93. The normalized spacial score (nSPS) is 7.33. The standard InChI is InChI=1S/C6H6O.ClH.Ru/c7-6-4-2-1-3-5-6;;/h1-5,7H;1H;/q;;+1/p-1.